The molecule has 0 N–H and O–H groups in total. The Labute approximate surface area is 127 Å². The van der Waals surface area contributed by atoms with Crippen LogP contribution in [0.4, 0.5) is 0 Å². The predicted molar refractivity (Wildman–Crippen MR) is 77.0 cm³/mol. The molecule has 0 bridgehead atoms. The highest BCUT2D eigenvalue weighted by atomic mass is 16.7. The lowest BCUT2D eigenvalue weighted by atomic mass is 10.2. The number of carbonyl (C=O) groups is 1. The van der Waals surface area contributed by atoms with Crippen molar-refractivity contribution in [3.63, 3.8) is 0 Å². The second kappa shape index (κ2) is 13.0. The molecule has 1 atom stereocenters. The van der Waals surface area contributed by atoms with Crippen LogP contribution in [0.1, 0.15) is 39.0 Å². The van der Waals surface area contributed by atoms with Gasteiger partial charge in [-0.1, -0.05) is 6.92 Å². The highest BCUT2D eigenvalue weighted by Gasteiger charge is 2.13. The van der Waals surface area contributed by atoms with Gasteiger partial charge in [0, 0.05) is 13.0 Å². The molecule has 0 amide bonds. The van der Waals surface area contributed by atoms with Crippen LogP contribution in [0, 0.1) is 0 Å². The van der Waals surface area contributed by atoms with E-state index in [9.17, 15) is 4.79 Å². The van der Waals surface area contributed by atoms with E-state index in [0.29, 0.717) is 46.1 Å². The van der Waals surface area contributed by atoms with Crippen LogP contribution < -0.4 is 0 Å². The molecule has 6 nitrogen and oxygen atoms in total. The second-order valence-corrected chi connectivity index (χ2v) is 4.86. The first-order valence-corrected chi connectivity index (χ1v) is 7.87. The molecular formula is C15H28O6. The quantitative estimate of drug-likeness (QED) is 0.405. The molecule has 21 heavy (non-hydrogen) atoms. The fourth-order valence-electron chi connectivity index (χ4n) is 1.89. The SMILES string of the molecule is CCCC(=O)OCCOCCOCCOC1CCCCO1. The van der Waals surface area contributed by atoms with Gasteiger partial charge in [-0.05, 0) is 25.7 Å². The van der Waals surface area contributed by atoms with Crippen LogP contribution in [-0.4, -0.2) is 58.5 Å². The highest BCUT2D eigenvalue weighted by Crippen LogP contribution is 2.13. The highest BCUT2D eigenvalue weighted by molar-refractivity contribution is 5.69. The summed E-state index contributed by atoms with van der Waals surface area (Å²) < 4.78 is 26.6. The number of ether oxygens (including phenoxy) is 5. The smallest absolute Gasteiger partial charge is 0.305 e. The van der Waals surface area contributed by atoms with Crippen molar-refractivity contribution in [3.05, 3.63) is 0 Å². The van der Waals surface area contributed by atoms with Crippen LogP contribution in [0.2, 0.25) is 0 Å². The normalized spacial score (nSPS) is 18.6. The van der Waals surface area contributed by atoms with Crippen molar-refractivity contribution >= 4 is 5.97 Å². The first-order valence-electron chi connectivity index (χ1n) is 7.87. The number of hydrogen-bond acceptors (Lipinski definition) is 6. The molecule has 1 rings (SSSR count). The van der Waals surface area contributed by atoms with E-state index in [1.807, 2.05) is 6.92 Å². The first-order chi connectivity index (χ1) is 10.3. The largest absolute Gasteiger partial charge is 0.463 e. The van der Waals surface area contributed by atoms with Crippen molar-refractivity contribution in [2.75, 3.05) is 46.2 Å². The molecule has 1 aliphatic rings. The zero-order valence-electron chi connectivity index (χ0n) is 13.0. The average Bonchev–Trinajstić information content (AvgIpc) is 2.50. The van der Waals surface area contributed by atoms with Crippen LogP contribution in [0.5, 0.6) is 0 Å². The first kappa shape index (κ1) is 18.4. The van der Waals surface area contributed by atoms with Crippen LogP contribution in [0.3, 0.4) is 0 Å². The second-order valence-electron chi connectivity index (χ2n) is 4.86. The fraction of sp³-hybridized carbons (Fsp3) is 0.933. The summed E-state index contributed by atoms with van der Waals surface area (Å²) in [6.07, 6.45) is 4.48. The van der Waals surface area contributed by atoms with Gasteiger partial charge in [0.25, 0.3) is 0 Å². The Morgan fingerprint density at radius 2 is 1.76 bits per heavy atom. The Bertz CT molecular complexity index is 253. The number of rotatable bonds is 12. The summed E-state index contributed by atoms with van der Waals surface area (Å²) in [6.45, 7) is 5.53. The maximum atomic E-state index is 11.1. The molecule has 0 aliphatic carbocycles. The zero-order chi connectivity index (χ0) is 15.2. The Morgan fingerprint density at radius 1 is 1.05 bits per heavy atom. The molecule has 1 fully saturated rings. The summed E-state index contributed by atoms with van der Waals surface area (Å²) in [6, 6.07) is 0. The molecule has 1 unspecified atom stereocenters. The van der Waals surface area contributed by atoms with Crippen molar-refractivity contribution in [2.24, 2.45) is 0 Å². The van der Waals surface area contributed by atoms with Gasteiger partial charge in [-0.2, -0.15) is 0 Å². The van der Waals surface area contributed by atoms with Crippen molar-refractivity contribution in [3.8, 4) is 0 Å². The van der Waals surface area contributed by atoms with Gasteiger partial charge >= 0.3 is 5.97 Å². The molecule has 1 heterocycles. The lowest BCUT2D eigenvalue weighted by molar-refractivity contribution is -0.169. The predicted octanol–water partition coefficient (Wildman–Crippen LogP) is 1.91. The monoisotopic (exact) mass is 304 g/mol. The third kappa shape index (κ3) is 10.6. The van der Waals surface area contributed by atoms with Gasteiger partial charge in [-0.15, -0.1) is 0 Å². The van der Waals surface area contributed by atoms with E-state index in [0.717, 1.165) is 25.9 Å². The minimum Gasteiger partial charge on any atom is -0.463 e. The van der Waals surface area contributed by atoms with Gasteiger partial charge in [0.2, 0.25) is 0 Å². The Balaban J connectivity index is 1.75. The number of carbonyl (C=O) groups excluding carboxylic acids is 1. The molecular weight excluding hydrogens is 276 g/mol. The minimum atomic E-state index is -0.167. The van der Waals surface area contributed by atoms with Crippen LogP contribution >= 0.6 is 0 Å². The lowest BCUT2D eigenvalue weighted by Gasteiger charge is -2.22. The van der Waals surface area contributed by atoms with E-state index in [4.69, 9.17) is 23.7 Å². The van der Waals surface area contributed by atoms with Gasteiger partial charge < -0.3 is 23.7 Å². The minimum absolute atomic E-state index is 0.0589. The third-order valence-electron chi connectivity index (χ3n) is 2.99. The van der Waals surface area contributed by atoms with Gasteiger partial charge in [0.1, 0.15) is 6.61 Å². The van der Waals surface area contributed by atoms with E-state index in [2.05, 4.69) is 0 Å². The van der Waals surface area contributed by atoms with Crippen molar-refractivity contribution in [1.82, 2.24) is 0 Å². The molecule has 0 saturated carbocycles. The molecule has 1 saturated heterocycles. The summed E-state index contributed by atoms with van der Waals surface area (Å²) in [4.78, 5) is 11.1. The third-order valence-corrected chi connectivity index (χ3v) is 2.99. The summed E-state index contributed by atoms with van der Waals surface area (Å²) in [7, 11) is 0. The van der Waals surface area contributed by atoms with Gasteiger partial charge in [-0.3, -0.25) is 4.79 Å². The average molecular weight is 304 g/mol. The molecule has 0 aromatic heterocycles. The van der Waals surface area contributed by atoms with Gasteiger partial charge in [0.15, 0.2) is 6.29 Å². The summed E-state index contributed by atoms with van der Waals surface area (Å²) in [5.74, 6) is -0.167. The van der Waals surface area contributed by atoms with Gasteiger partial charge in [-0.25, -0.2) is 0 Å². The Hall–Kier alpha value is -0.690. The number of esters is 1. The van der Waals surface area contributed by atoms with Gasteiger partial charge in [0.05, 0.1) is 33.0 Å². The maximum Gasteiger partial charge on any atom is 0.305 e. The summed E-state index contributed by atoms with van der Waals surface area (Å²) in [5, 5.41) is 0. The molecule has 6 heteroatoms. The maximum absolute atomic E-state index is 11.1. The Morgan fingerprint density at radius 3 is 2.43 bits per heavy atom. The molecule has 0 aromatic carbocycles. The molecule has 0 spiro atoms. The molecule has 1 aliphatic heterocycles. The topological polar surface area (TPSA) is 63.2 Å². The summed E-state index contributed by atoms with van der Waals surface area (Å²) >= 11 is 0. The molecule has 0 aromatic rings. The molecule has 124 valence electrons. The zero-order valence-corrected chi connectivity index (χ0v) is 13.0. The summed E-state index contributed by atoms with van der Waals surface area (Å²) in [5.41, 5.74) is 0. The van der Waals surface area contributed by atoms with E-state index in [-0.39, 0.29) is 12.3 Å². The Kier molecular flexibility index (Phi) is 11.4. The van der Waals surface area contributed by atoms with Crippen LogP contribution in [0.25, 0.3) is 0 Å². The van der Waals surface area contributed by atoms with E-state index in [1.165, 1.54) is 6.42 Å². The van der Waals surface area contributed by atoms with Crippen molar-refractivity contribution in [1.29, 1.82) is 0 Å². The fourth-order valence-corrected chi connectivity index (χ4v) is 1.89. The molecule has 0 radical (unpaired) electrons. The van der Waals surface area contributed by atoms with E-state index >= 15 is 0 Å². The standard InChI is InChI=1S/C15H28O6/c1-2-5-14(16)19-12-10-17-8-9-18-11-13-21-15-6-3-4-7-20-15/h15H,2-13H2,1H3. The lowest BCUT2D eigenvalue weighted by Crippen LogP contribution is -2.24. The van der Waals surface area contributed by atoms with Crippen molar-refractivity contribution < 1.29 is 28.5 Å². The van der Waals surface area contributed by atoms with E-state index < -0.39 is 0 Å². The van der Waals surface area contributed by atoms with Crippen molar-refractivity contribution in [2.45, 2.75) is 45.3 Å². The van der Waals surface area contributed by atoms with Crippen LogP contribution in [0.15, 0.2) is 0 Å². The van der Waals surface area contributed by atoms with E-state index in [1.54, 1.807) is 0 Å². The van der Waals surface area contributed by atoms with Crippen LogP contribution in [-0.2, 0) is 28.5 Å². The number of hydrogen-bond donors (Lipinski definition) is 0.